The number of nitriles is 1. The van der Waals surface area contributed by atoms with Gasteiger partial charge in [-0.25, -0.2) is 4.39 Å². The minimum absolute atomic E-state index is 0.299. The predicted molar refractivity (Wildman–Crippen MR) is 73.0 cm³/mol. The zero-order chi connectivity index (χ0) is 13.7. The van der Waals surface area contributed by atoms with Crippen LogP contribution < -0.4 is 5.32 Å². The van der Waals surface area contributed by atoms with Crippen LogP contribution in [0.2, 0.25) is 0 Å². The number of nitrogens with one attached hydrogen (secondary N) is 1. The van der Waals surface area contributed by atoms with Crippen molar-refractivity contribution >= 4 is 0 Å². The van der Waals surface area contributed by atoms with E-state index in [9.17, 15) is 4.39 Å². The Bertz CT molecular complexity index is 467. The summed E-state index contributed by atoms with van der Waals surface area (Å²) in [6.45, 7) is 3.74. The van der Waals surface area contributed by atoms with Gasteiger partial charge in [-0.3, -0.25) is 0 Å². The van der Waals surface area contributed by atoms with Crippen molar-refractivity contribution in [2.75, 3.05) is 26.7 Å². The highest BCUT2D eigenvalue weighted by Crippen LogP contribution is 2.14. The van der Waals surface area contributed by atoms with Crippen molar-refractivity contribution in [1.29, 1.82) is 5.26 Å². The predicted octanol–water partition coefficient (Wildman–Crippen LogP) is 2.13. The van der Waals surface area contributed by atoms with Crippen LogP contribution in [0, 0.1) is 23.1 Å². The molecule has 1 atom stereocenters. The van der Waals surface area contributed by atoms with E-state index in [1.165, 1.54) is 25.5 Å². The number of nitrogens with zero attached hydrogens (tertiary/aromatic N) is 2. The molecule has 1 aromatic carbocycles. The first-order chi connectivity index (χ1) is 9.19. The van der Waals surface area contributed by atoms with Crippen LogP contribution in [0.25, 0.3) is 0 Å². The van der Waals surface area contributed by atoms with Gasteiger partial charge in [-0.1, -0.05) is 6.07 Å². The molecule has 1 heterocycles. The van der Waals surface area contributed by atoms with Gasteiger partial charge < -0.3 is 10.2 Å². The zero-order valence-corrected chi connectivity index (χ0v) is 11.3. The molecule has 1 aromatic rings. The smallest absolute Gasteiger partial charge is 0.129 e. The first-order valence-corrected chi connectivity index (χ1v) is 6.77. The van der Waals surface area contributed by atoms with Crippen LogP contribution in [0.15, 0.2) is 18.2 Å². The number of hydrogen-bond acceptors (Lipinski definition) is 3. The Labute approximate surface area is 114 Å². The van der Waals surface area contributed by atoms with Gasteiger partial charge in [0, 0.05) is 18.7 Å². The Kier molecular flexibility index (Phi) is 4.89. The molecule has 1 aliphatic rings. The van der Waals surface area contributed by atoms with Crippen LogP contribution in [0.3, 0.4) is 0 Å². The number of rotatable bonds is 4. The lowest BCUT2D eigenvalue weighted by Gasteiger charge is -2.29. The number of piperidine rings is 1. The normalized spacial score (nSPS) is 20.2. The van der Waals surface area contributed by atoms with Crippen molar-refractivity contribution in [2.24, 2.45) is 5.92 Å². The number of likely N-dealkylation sites (tertiary alicyclic amines) is 1. The SMILES string of the molecule is CN1CCCC(CNCc2ccc(C#N)cc2F)C1. The Balaban J connectivity index is 1.81. The number of hydrogen-bond donors (Lipinski definition) is 1. The minimum atomic E-state index is -0.299. The van der Waals surface area contributed by atoms with Gasteiger partial charge in [0.25, 0.3) is 0 Å². The highest BCUT2D eigenvalue weighted by molar-refractivity contribution is 5.32. The standard InChI is InChI=1S/C15H20FN3/c1-19-6-2-3-13(11-19)9-18-10-14-5-4-12(8-17)7-15(14)16/h4-5,7,13,18H,2-3,6,9-11H2,1H3. The molecular weight excluding hydrogens is 241 g/mol. The van der Waals surface area contributed by atoms with Crippen molar-refractivity contribution in [3.63, 3.8) is 0 Å². The van der Waals surface area contributed by atoms with Gasteiger partial charge in [0.15, 0.2) is 0 Å². The summed E-state index contributed by atoms with van der Waals surface area (Å²) in [5.41, 5.74) is 0.998. The lowest BCUT2D eigenvalue weighted by atomic mass is 9.98. The summed E-state index contributed by atoms with van der Waals surface area (Å²) < 4.78 is 13.7. The van der Waals surface area contributed by atoms with Crippen molar-refractivity contribution in [3.05, 3.63) is 35.1 Å². The zero-order valence-electron chi connectivity index (χ0n) is 11.3. The van der Waals surface area contributed by atoms with Crippen LogP contribution in [-0.2, 0) is 6.54 Å². The lowest BCUT2D eigenvalue weighted by molar-refractivity contribution is 0.206. The molecule has 0 aromatic heterocycles. The molecule has 19 heavy (non-hydrogen) atoms. The maximum Gasteiger partial charge on any atom is 0.129 e. The van der Waals surface area contributed by atoms with Crippen molar-refractivity contribution in [1.82, 2.24) is 10.2 Å². The summed E-state index contributed by atoms with van der Waals surface area (Å²) >= 11 is 0. The number of halogens is 1. The molecule has 1 N–H and O–H groups in total. The van der Waals surface area contributed by atoms with E-state index in [-0.39, 0.29) is 5.82 Å². The molecule has 0 spiro atoms. The molecule has 1 aliphatic heterocycles. The van der Waals surface area contributed by atoms with E-state index >= 15 is 0 Å². The third-order valence-electron chi connectivity index (χ3n) is 3.65. The Morgan fingerprint density at radius 3 is 3.05 bits per heavy atom. The van der Waals surface area contributed by atoms with Gasteiger partial charge in [0.05, 0.1) is 11.6 Å². The van der Waals surface area contributed by atoms with Crippen LogP contribution in [0.5, 0.6) is 0 Å². The van der Waals surface area contributed by atoms with E-state index in [0.29, 0.717) is 23.6 Å². The van der Waals surface area contributed by atoms with Gasteiger partial charge >= 0.3 is 0 Å². The molecule has 0 saturated carbocycles. The highest BCUT2D eigenvalue weighted by atomic mass is 19.1. The summed E-state index contributed by atoms with van der Waals surface area (Å²) in [6, 6.07) is 6.59. The first-order valence-electron chi connectivity index (χ1n) is 6.77. The van der Waals surface area contributed by atoms with Crippen LogP contribution in [0.1, 0.15) is 24.0 Å². The first kappa shape index (κ1) is 14.0. The molecule has 3 nitrogen and oxygen atoms in total. The Hall–Kier alpha value is -1.44. The van der Waals surface area contributed by atoms with E-state index < -0.39 is 0 Å². The van der Waals surface area contributed by atoms with E-state index in [2.05, 4.69) is 17.3 Å². The summed E-state index contributed by atoms with van der Waals surface area (Å²) in [5, 5.41) is 12.0. The number of benzene rings is 1. The second-order valence-electron chi connectivity index (χ2n) is 5.32. The topological polar surface area (TPSA) is 39.1 Å². The molecule has 0 bridgehead atoms. The highest BCUT2D eigenvalue weighted by Gasteiger charge is 2.16. The molecule has 0 amide bonds. The fraction of sp³-hybridized carbons (Fsp3) is 0.533. The summed E-state index contributed by atoms with van der Waals surface area (Å²) in [7, 11) is 2.15. The average molecular weight is 261 g/mol. The fourth-order valence-electron chi connectivity index (χ4n) is 2.61. The average Bonchev–Trinajstić information content (AvgIpc) is 2.40. The van der Waals surface area contributed by atoms with Gasteiger partial charge in [0.2, 0.25) is 0 Å². The third kappa shape index (κ3) is 4.02. The Morgan fingerprint density at radius 1 is 1.53 bits per heavy atom. The van der Waals surface area contributed by atoms with Gasteiger partial charge in [-0.2, -0.15) is 5.26 Å². The summed E-state index contributed by atoms with van der Waals surface area (Å²) in [6.07, 6.45) is 2.49. The molecule has 102 valence electrons. The Morgan fingerprint density at radius 2 is 2.37 bits per heavy atom. The molecule has 1 fully saturated rings. The van der Waals surface area contributed by atoms with E-state index in [1.807, 2.05) is 6.07 Å². The second kappa shape index (κ2) is 6.65. The summed E-state index contributed by atoms with van der Waals surface area (Å²) in [5.74, 6) is 0.354. The quantitative estimate of drug-likeness (QED) is 0.902. The molecule has 0 radical (unpaired) electrons. The van der Waals surface area contributed by atoms with Crippen LogP contribution >= 0.6 is 0 Å². The third-order valence-corrected chi connectivity index (χ3v) is 3.65. The molecule has 0 aliphatic carbocycles. The maximum absolute atomic E-state index is 13.7. The van der Waals surface area contributed by atoms with Gasteiger partial charge in [0.1, 0.15) is 5.82 Å². The fourth-order valence-corrected chi connectivity index (χ4v) is 2.61. The molecule has 1 unspecified atom stereocenters. The largest absolute Gasteiger partial charge is 0.312 e. The van der Waals surface area contributed by atoms with E-state index in [1.54, 1.807) is 12.1 Å². The molecule has 1 saturated heterocycles. The molecule has 2 rings (SSSR count). The summed E-state index contributed by atoms with van der Waals surface area (Å²) in [4.78, 5) is 2.35. The van der Waals surface area contributed by atoms with Crippen LogP contribution in [-0.4, -0.2) is 31.6 Å². The second-order valence-corrected chi connectivity index (χ2v) is 5.32. The molecule has 4 heteroatoms. The monoisotopic (exact) mass is 261 g/mol. The van der Waals surface area contributed by atoms with E-state index in [4.69, 9.17) is 5.26 Å². The van der Waals surface area contributed by atoms with Crippen molar-refractivity contribution < 1.29 is 4.39 Å². The van der Waals surface area contributed by atoms with Crippen LogP contribution in [0.4, 0.5) is 4.39 Å². The van der Waals surface area contributed by atoms with Gasteiger partial charge in [-0.15, -0.1) is 0 Å². The van der Waals surface area contributed by atoms with Gasteiger partial charge in [-0.05, 0) is 51.0 Å². The molecular formula is C15H20FN3. The van der Waals surface area contributed by atoms with Crippen molar-refractivity contribution in [2.45, 2.75) is 19.4 Å². The maximum atomic E-state index is 13.7. The van der Waals surface area contributed by atoms with E-state index in [0.717, 1.165) is 13.1 Å². The lowest BCUT2D eigenvalue weighted by Crippen LogP contribution is -2.37. The van der Waals surface area contributed by atoms with Crippen molar-refractivity contribution in [3.8, 4) is 6.07 Å². The minimum Gasteiger partial charge on any atom is -0.312 e.